The van der Waals surface area contributed by atoms with E-state index in [9.17, 15) is 24.6 Å². The lowest BCUT2D eigenvalue weighted by atomic mass is 9.90. The van der Waals surface area contributed by atoms with Crippen molar-refractivity contribution < 1.29 is 29.3 Å². The molecule has 0 radical (unpaired) electrons. The number of aliphatic hydroxyl groups is 2. The van der Waals surface area contributed by atoms with Crippen LogP contribution in [0.4, 0.5) is 5.00 Å². The van der Waals surface area contributed by atoms with E-state index in [1.807, 2.05) is 74.7 Å². The van der Waals surface area contributed by atoms with Crippen molar-refractivity contribution in [2.45, 2.75) is 62.7 Å². The first-order chi connectivity index (χ1) is 20.5. The Morgan fingerprint density at radius 3 is 2.53 bits per heavy atom. The smallest absolute Gasteiger partial charge is 0.252 e. The fourth-order valence-corrected chi connectivity index (χ4v) is 7.59. The number of aliphatic hydroxyl groups excluding tert-OH is 2. The van der Waals surface area contributed by atoms with Gasteiger partial charge in [0, 0.05) is 16.2 Å². The first kappa shape index (κ1) is 31.1. The molecule has 3 amide bonds. The molecule has 228 valence electrons. The minimum Gasteiger partial charge on any atom is -0.490 e. The van der Waals surface area contributed by atoms with Crippen molar-refractivity contribution in [2.75, 3.05) is 17.8 Å². The van der Waals surface area contributed by atoms with Crippen LogP contribution in [-0.4, -0.2) is 68.3 Å². The number of carbonyl (C=O) groups is 3. The van der Waals surface area contributed by atoms with E-state index in [4.69, 9.17) is 4.74 Å². The summed E-state index contributed by atoms with van der Waals surface area (Å²) >= 11 is 2.88. The summed E-state index contributed by atoms with van der Waals surface area (Å²) in [6.45, 7) is 5.75. The van der Waals surface area contributed by atoms with Crippen LogP contribution in [0.25, 0.3) is 0 Å². The van der Waals surface area contributed by atoms with Crippen molar-refractivity contribution in [3.63, 3.8) is 0 Å². The summed E-state index contributed by atoms with van der Waals surface area (Å²) in [5.74, 6) is -1.26. The predicted octanol–water partition coefficient (Wildman–Crippen LogP) is 3.90. The maximum atomic E-state index is 13.8. The normalized spacial score (nSPS) is 22.2. The molecule has 1 saturated heterocycles. The van der Waals surface area contributed by atoms with Crippen LogP contribution in [-0.2, 0) is 20.8 Å². The molecule has 0 spiro atoms. The molecular weight excluding hydrogens is 587 g/mol. The van der Waals surface area contributed by atoms with Crippen LogP contribution in [0, 0.1) is 12.8 Å². The number of nitrogens with one attached hydrogen (secondary N) is 2. The van der Waals surface area contributed by atoms with Crippen molar-refractivity contribution >= 4 is 45.8 Å². The highest BCUT2D eigenvalue weighted by atomic mass is 32.2. The van der Waals surface area contributed by atoms with Gasteiger partial charge in [0.1, 0.15) is 30.6 Å². The number of para-hydroxylation sites is 1. The summed E-state index contributed by atoms with van der Waals surface area (Å²) in [7, 11) is 0. The predicted molar refractivity (Wildman–Crippen MR) is 168 cm³/mol. The van der Waals surface area contributed by atoms with Gasteiger partial charge < -0.3 is 30.5 Å². The Hall–Kier alpha value is -3.38. The molecule has 0 unspecified atom stereocenters. The summed E-state index contributed by atoms with van der Waals surface area (Å²) in [4.78, 5) is 42.4. The van der Waals surface area contributed by atoms with Gasteiger partial charge in [-0.25, -0.2) is 0 Å². The van der Waals surface area contributed by atoms with E-state index in [1.54, 1.807) is 12.1 Å². The maximum Gasteiger partial charge on any atom is 0.252 e. The fourth-order valence-electron chi connectivity index (χ4n) is 5.63. The Balaban J connectivity index is 1.34. The lowest BCUT2D eigenvalue weighted by Gasteiger charge is -2.33. The lowest BCUT2D eigenvalue weighted by Crippen LogP contribution is -2.54. The fraction of sp³-hybridized carbons (Fsp3) is 0.406. The zero-order valence-corrected chi connectivity index (χ0v) is 26.0. The SMILES string of the molecule is Cc1ccsc1NC(=O)[C@H]1N(C(=O)[C@@H](O)C[C@@H](Cc2ccccc2)C(=O)N[C@H]2c3ccccc3OC[C@H]2O)CSC1(C)C. The standard InChI is InChI=1S/C32H37N3O6S2/c1-19-13-14-42-30(19)34-29(39)27-32(2,3)43-18-35(27)31(40)23(36)16-21(15-20-9-5-4-6-10-20)28(38)33-26-22-11-7-8-12-25(22)41-17-24(26)37/h4-14,21,23-24,26-27,36-37H,15-18H2,1-3H3,(H,33,38)(H,34,39)/t21-,23+,24-,26+,27-/m1/s1. The van der Waals surface area contributed by atoms with E-state index in [2.05, 4.69) is 10.6 Å². The van der Waals surface area contributed by atoms with Crippen molar-refractivity contribution in [3.8, 4) is 5.75 Å². The van der Waals surface area contributed by atoms with Crippen LogP contribution in [0.5, 0.6) is 5.75 Å². The minimum absolute atomic E-state index is 0.0310. The maximum absolute atomic E-state index is 13.8. The molecule has 11 heteroatoms. The number of thiophene rings is 1. The zero-order chi connectivity index (χ0) is 30.7. The van der Waals surface area contributed by atoms with Crippen LogP contribution in [0.15, 0.2) is 66.0 Å². The Labute approximate surface area is 259 Å². The van der Waals surface area contributed by atoms with Crippen molar-refractivity contribution in [1.29, 1.82) is 0 Å². The van der Waals surface area contributed by atoms with Gasteiger partial charge in [0.25, 0.3) is 5.91 Å². The number of nitrogens with zero attached hydrogens (tertiary/aromatic N) is 1. The molecule has 4 N–H and O–H groups in total. The number of carbonyl (C=O) groups excluding carboxylic acids is 3. The number of thioether (sulfide) groups is 1. The number of anilines is 1. The molecule has 3 heterocycles. The van der Waals surface area contributed by atoms with Gasteiger partial charge in [-0.05, 0) is 62.3 Å². The summed E-state index contributed by atoms with van der Waals surface area (Å²) in [6, 6.07) is 17.0. The van der Waals surface area contributed by atoms with Crippen molar-refractivity contribution in [3.05, 3.63) is 82.7 Å². The molecule has 1 fully saturated rings. The second kappa shape index (κ2) is 13.1. The third-order valence-electron chi connectivity index (χ3n) is 8.01. The highest BCUT2D eigenvalue weighted by Gasteiger charge is 2.49. The number of ether oxygens (including phenoxy) is 1. The first-order valence-corrected chi connectivity index (χ1v) is 16.1. The lowest BCUT2D eigenvalue weighted by molar-refractivity contribution is -0.146. The van der Waals surface area contributed by atoms with E-state index < -0.39 is 46.8 Å². The summed E-state index contributed by atoms with van der Waals surface area (Å²) in [6.07, 6.45) is -2.35. The molecule has 2 aromatic carbocycles. The van der Waals surface area contributed by atoms with Crippen LogP contribution in [0.2, 0.25) is 0 Å². The number of aryl methyl sites for hydroxylation is 1. The largest absolute Gasteiger partial charge is 0.490 e. The zero-order valence-electron chi connectivity index (χ0n) is 24.4. The summed E-state index contributed by atoms with van der Waals surface area (Å²) in [5.41, 5.74) is 2.47. The quantitative estimate of drug-likeness (QED) is 0.285. The molecule has 3 aromatic rings. The van der Waals surface area contributed by atoms with Gasteiger partial charge >= 0.3 is 0 Å². The van der Waals surface area contributed by atoms with Gasteiger partial charge in [0.05, 0.1) is 16.9 Å². The Morgan fingerprint density at radius 2 is 1.81 bits per heavy atom. The van der Waals surface area contributed by atoms with Crippen molar-refractivity contribution in [2.24, 2.45) is 5.92 Å². The number of hydrogen-bond donors (Lipinski definition) is 4. The van der Waals surface area contributed by atoms with E-state index in [0.29, 0.717) is 11.3 Å². The minimum atomic E-state index is -1.51. The van der Waals surface area contributed by atoms with E-state index >= 15 is 0 Å². The van der Waals surface area contributed by atoms with E-state index in [0.717, 1.165) is 16.1 Å². The van der Waals surface area contributed by atoms with Crippen LogP contribution < -0.4 is 15.4 Å². The third kappa shape index (κ3) is 6.90. The van der Waals surface area contributed by atoms with E-state index in [-0.39, 0.29) is 31.2 Å². The molecule has 0 aliphatic carbocycles. The Morgan fingerprint density at radius 1 is 1.09 bits per heavy atom. The van der Waals surface area contributed by atoms with Crippen LogP contribution in [0.1, 0.15) is 43.0 Å². The highest BCUT2D eigenvalue weighted by Crippen LogP contribution is 2.41. The molecule has 2 aliphatic heterocycles. The first-order valence-electron chi connectivity index (χ1n) is 14.3. The average Bonchev–Trinajstić information content (AvgIpc) is 3.54. The van der Waals surface area contributed by atoms with Crippen molar-refractivity contribution in [1.82, 2.24) is 10.2 Å². The van der Waals surface area contributed by atoms with Gasteiger partial charge in [0.15, 0.2) is 0 Å². The van der Waals surface area contributed by atoms with Crippen LogP contribution in [0.3, 0.4) is 0 Å². The summed E-state index contributed by atoms with van der Waals surface area (Å²) in [5, 5.41) is 30.5. The second-order valence-corrected chi connectivity index (χ2v) is 14.1. The highest BCUT2D eigenvalue weighted by molar-refractivity contribution is 8.00. The van der Waals surface area contributed by atoms with Gasteiger partial charge in [-0.3, -0.25) is 14.4 Å². The molecule has 5 rings (SSSR count). The second-order valence-electron chi connectivity index (χ2n) is 11.6. The number of hydrogen-bond acceptors (Lipinski definition) is 8. The average molecular weight is 624 g/mol. The van der Waals surface area contributed by atoms with Crippen LogP contribution >= 0.6 is 23.1 Å². The van der Waals surface area contributed by atoms with Gasteiger partial charge in [-0.2, -0.15) is 0 Å². The molecule has 2 aliphatic rings. The molecular formula is C32H37N3O6S2. The number of fused-ring (bicyclic) bond motifs is 1. The molecule has 0 bridgehead atoms. The number of benzene rings is 2. The van der Waals surface area contributed by atoms with E-state index in [1.165, 1.54) is 28.0 Å². The van der Waals surface area contributed by atoms with Gasteiger partial charge in [-0.1, -0.05) is 48.5 Å². The third-order valence-corrected chi connectivity index (χ3v) is 10.3. The molecule has 1 aromatic heterocycles. The van der Waals surface area contributed by atoms with Gasteiger partial charge in [0.2, 0.25) is 11.8 Å². The van der Waals surface area contributed by atoms with Gasteiger partial charge in [-0.15, -0.1) is 23.1 Å². The Bertz CT molecular complexity index is 1460. The number of amides is 3. The molecule has 0 saturated carbocycles. The Kier molecular flexibility index (Phi) is 9.45. The topological polar surface area (TPSA) is 128 Å². The number of rotatable bonds is 9. The monoisotopic (exact) mass is 623 g/mol. The summed E-state index contributed by atoms with van der Waals surface area (Å²) < 4.78 is 5.03. The molecule has 5 atom stereocenters. The molecule has 9 nitrogen and oxygen atoms in total. The molecule has 43 heavy (non-hydrogen) atoms.